The standard InChI is InChI=1S/C49H49N5O.Pt/c1-47(2,3)30-33-24-34(31-48(4,5)6)26-36(25-33)52-32-53(43-17-13-12-16-42(43)52)45-29-38(21-23-50-45)55-37-18-19-40-39-14-10-11-15-41(39)54(44(40)28-37)46-27-35(20-22-51-46)49(7,8)9;/h10-27H,30-31H2,1-9H3;/q-2;. The van der Waals surface area contributed by atoms with Gasteiger partial charge in [0.25, 0.3) is 6.33 Å². The number of para-hydroxylation sites is 3. The average molecular weight is 919 g/mol. The molecule has 0 fully saturated rings. The van der Waals surface area contributed by atoms with Crippen LogP contribution in [0.4, 0.5) is 0 Å². The molecule has 0 aliphatic heterocycles. The Hall–Kier alpha value is -5.06. The molecule has 0 N–H and O–H groups in total. The third kappa shape index (κ3) is 8.09. The van der Waals surface area contributed by atoms with Crippen molar-refractivity contribution in [1.29, 1.82) is 0 Å². The van der Waals surface area contributed by atoms with Crippen LogP contribution in [0.25, 0.3) is 50.2 Å². The summed E-state index contributed by atoms with van der Waals surface area (Å²) in [6, 6.07) is 41.0. The van der Waals surface area contributed by atoms with Crippen LogP contribution < -0.4 is 9.30 Å². The van der Waals surface area contributed by atoms with Crippen molar-refractivity contribution in [2.24, 2.45) is 10.8 Å². The van der Waals surface area contributed by atoms with Crippen molar-refractivity contribution < 1.29 is 30.4 Å². The Bertz CT molecular complexity index is 2670. The summed E-state index contributed by atoms with van der Waals surface area (Å²) in [4.78, 5) is 9.58. The molecular formula is C49H49N5OPt-2. The van der Waals surface area contributed by atoms with Gasteiger partial charge in [-0.2, -0.15) is 18.2 Å². The summed E-state index contributed by atoms with van der Waals surface area (Å²) in [6.45, 7) is 20.4. The number of hydrogen-bond donors (Lipinski definition) is 0. The Kier molecular flexibility index (Phi) is 10.3. The molecule has 0 radical (unpaired) electrons. The molecule has 6 nitrogen and oxygen atoms in total. The van der Waals surface area contributed by atoms with Crippen LogP contribution in [-0.4, -0.2) is 19.1 Å². The number of imidazole rings is 1. The molecule has 0 bridgehead atoms. The number of benzene rings is 4. The summed E-state index contributed by atoms with van der Waals surface area (Å²) < 4.78 is 12.8. The van der Waals surface area contributed by atoms with Gasteiger partial charge in [-0.1, -0.05) is 134 Å². The molecule has 0 unspecified atom stereocenters. The maximum absolute atomic E-state index is 6.52. The molecule has 0 saturated carbocycles. The molecule has 7 heteroatoms. The van der Waals surface area contributed by atoms with Crippen LogP contribution in [0.3, 0.4) is 0 Å². The van der Waals surface area contributed by atoms with Crippen molar-refractivity contribution in [2.45, 2.75) is 80.6 Å². The van der Waals surface area contributed by atoms with Crippen LogP contribution in [0, 0.1) is 29.3 Å². The minimum atomic E-state index is -0.0173. The van der Waals surface area contributed by atoms with Crippen LogP contribution in [0.1, 0.15) is 79.0 Å². The topological polar surface area (TPSA) is 48.8 Å². The Morgan fingerprint density at radius 2 is 1.29 bits per heavy atom. The minimum Gasteiger partial charge on any atom is -0.522 e. The molecular weight excluding hydrogens is 870 g/mol. The molecule has 56 heavy (non-hydrogen) atoms. The van der Waals surface area contributed by atoms with Crippen molar-refractivity contribution in [2.75, 3.05) is 0 Å². The first kappa shape index (κ1) is 39.2. The molecule has 0 amide bonds. The number of aromatic nitrogens is 5. The molecule has 4 heterocycles. The second kappa shape index (κ2) is 14.8. The smallest absolute Gasteiger partial charge is 0.269 e. The van der Waals surface area contributed by atoms with Crippen LogP contribution in [0.15, 0.2) is 109 Å². The summed E-state index contributed by atoms with van der Waals surface area (Å²) in [5.74, 6) is 2.55. The summed E-state index contributed by atoms with van der Waals surface area (Å²) in [7, 11) is 0. The van der Waals surface area contributed by atoms with Crippen LogP contribution in [0.2, 0.25) is 0 Å². The van der Waals surface area contributed by atoms with Gasteiger partial charge < -0.3 is 9.30 Å². The van der Waals surface area contributed by atoms with Crippen molar-refractivity contribution >= 4 is 32.8 Å². The molecule has 0 aliphatic rings. The Balaban J connectivity index is 0.00000480. The van der Waals surface area contributed by atoms with E-state index in [2.05, 4.69) is 169 Å². The van der Waals surface area contributed by atoms with Gasteiger partial charge in [0.1, 0.15) is 5.82 Å². The predicted molar refractivity (Wildman–Crippen MR) is 223 cm³/mol. The van der Waals surface area contributed by atoms with Gasteiger partial charge in [0.05, 0.1) is 22.5 Å². The number of nitrogens with zero attached hydrogens (tertiary/aromatic N) is 5. The van der Waals surface area contributed by atoms with E-state index in [4.69, 9.17) is 14.7 Å². The van der Waals surface area contributed by atoms with Gasteiger partial charge in [-0.05, 0) is 76.1 Å². The third-order valence-corrected chi connectivity index (χ3v) is 9.81. The van der Waals surface area contributed by atoms with E-state index in [-0.39, 0.29) is 37.3 Å². The van der Waals surface area contributed by atoms with Crippen molar-refractivity contribution in [3.05, 3.63) is 145 Å². The van der Waals surface area contributed by atoms with Gasteiger partial charge in [0, 0.05) is 38.5 Å². The Labute approximate surface area is 345 Å². The van der Waals surface area contributed by atoms with Crippen LogP contribution in [-0.2, 0) is 39.3 Å². The number of hydrogen-bond acceptors (Lipinski definition) is 3. The number of rotatable bonds is 7. The first-order chi connectivity index (χ1) is 26.1. The molecule has 0 spiro atoms. The van der Waals surface area contributed by atoms with Crippen LogP contribution >= 0.6 is 0 Å². The second-order valence-corrected chi connectivity index (χ2v) is 18.2. The van der Waals surface area contributed by atoms with E-state index in [0.29, 0.717) is 17.3 Å². The van der Waals surface area contributed by atoms with E-state index in [1.54, 1.807) is 6.20 Å². The van der Waals surface area contributed by atoms with E-state index in [0.717, 1.165) is 57.2 Å². The van der Waals surface area contributed by atoms with Gasteiger partial charge in [0.15, 0.2) is 0 Å². The molecule has 0 atom stereocenters. The first-order valence-electron chi connectivity index (χ1n) is 19.2. The Morgan fingerprint density at radius 1 is 0.643 bits per heavy atom. The second-order valence-electron chi connectivity index (χ2n) is 18.2. The number of pyridine rings is 2. The predicted octanol–water partition coefficient (Wildman–Crippen LogP) is 11.5. The fourth-order valence-electron chi connectivity index (χ4n) is 7.54. The van der Waals surface area contributed by atoms with Crippen molar-refractivity contribution in [3.8, 4) is 28.8 Å². The number of ether oxygens (including phenoxy) is 1. The van der Waals surface area contributed by atoms with E-state index in [1.807, 2.05) is 29.0 Å². The summed E-state index contributed by atoms with van der Waals surface area (Å²) in [6.07, 6.45) is 9.26. The largest absolute Gasteiger partial charge is 0.522 e. The van der Waals surface area contributed by atoms with E-state index >= 15 is 0 Å². The molecule has 8 aromatic rings. The van der Waals surface area contributed by atoms with Crippen molar-refractivity contribution in [3.63, 3.8) is 0 Å². The Morgan fingerprint density at radius 3 is 1.98 bits per heavy atom. The van der Waals surface area contributed by atoms with Gasteiger partial charge >= 0.3 is 0 Å². The monoisotopic (exact) mass is 918 g/mol. The zero-order valence-electron chi connectivity index (χ0n) is 33.8. The SMILES string of the molecule is CC(C)(C)Cc1cc(CC(C)(C)C)cc(-[n+]2[c-]n(-c3[c-]c(Oc4[c-]c5c(cc4)c4ccccc4n5-c4cc(C(C)(C)C)ccn4)ccn3)c3ccccc32)c1.[Pt]. The third-order valence-electron chi connectivity index (χ3n) is 9.81. The fourth-order valence-corrected chi connectivity index (χ4v) is 7.54. The maximum Gasteiger partial charge on any atom is 0.269 e. The van der Waals surface area contributed by atoms with E-state index < -0.39 is 0 Å². The molecule has 0 aliphatic carbocycles. The zero-order valence-corrected chi connectivity index (χ0v) is 36.0. The summed E-state index contributed by atoms with van der Waals surface area (Å²) >= 11 is 0. The van der Waals surface area contributed by atoms with E-state index in [1.165, 1.54) is 16.7 Å². The van der Waals surface area contributed by atoms with Crippen molar-refractivity contribution in [1.82, 2.24) is 19.1 Å². The molecule has 288 valence electrons. The minimum absolute atomic E-state index is 0. The molecule has 8 rings (SSSR count). The first-order valence-corrected chi connectivity index (χ1v) is 19.2. The quantitative estimate of drug-likeness (QED) is 0.118. The molecule has 4 aromatic heterocycles. The van der Waals surface area contributed by atoms with Gasteiger partial charge in [0.2, 0.25) is 0 Å². The van der Waals surface area contributed by atoms with Gasteiger partial charge in [-0.25, -0.2) is 4.98 Å². The fraction of sp³-hybridized carbons (Fsp3) is 0.286. The average Bonchev–Trinajstić information content (AvgIpc) is 3.66. The van der Waals surface area contributed by atoms with Gasteiger partial charge in [-0.15, -0.1) is 17.5 Å². The number of fused-ring (bicyclic) bond motifs is 4. The van der Waals surface area contributed by atoms with E-state index in [9.17, 15) is 0 Å². The van der Waals surface area contributed by atoms with Gasteiger partial charge in [-0.3, -0.25) is 14.1 Å². The molecule has 4 aromatic carbocycles. The summed E-state index contributed by atoms with van der Waals surface area (Å²) in [5.41, 5.74) is 9.24. The zero-order chi connectivity index (χ0) is 38.7. The maximum atomic E-state index is 6.52. The molecule has 0 saturated heterocycles. The summed E-state index contributed by atoms with van der Waals surface area (Å²) in [5, 5.41) is 2.22. The van der Waals surface area contributed by atoms with Crippen LogP contribution in [0.5, 0.6) is 11.5 Å². The normalized spacial score (nSPS) is 12.4.